The van der Waals surface area contributed by atoms with Crippen molar-refractivity contribution < 1.29 is 9.53 Å². The number of rotatable bonds is 5. The molecule has 1 amide bonds. The van der Waals surface area contributed by atoms with Crippen LogP contribution in [0.25, 0.3) is 27.0 Å². The molecule has 0 aliphatic heterocycles. The average Bonchev–Trinajstić information content (AvgIpc) is 3.44. The van der Waals surface area contributed by atoms with Gasteiger partial charge in [0.15, 0.2) is 0 Å². The van der Waals surface area contributed by atoms with Crippen molar-refractivity contribution in [3.8, 4) is 22.7 Å². The summed E-state index contributed by atoms with van der Waals surface area (Å²) in [5.74, 6) is 0.430. The van der Waals surface area contributed by atoms with E-state index in [0.717, 1.165) is 32.8 Å². The highest BCUT2D eigenvalue weighted by atomic mass is 35.5. The molecular formula is C25H18ClN3O2S2. The number of thiazole rings is 1. The molecule has 2 aromatic heterocycles. The van der Waals surface area contributed by atoms with E-state index in [1.165, 1.54) is 22.7 Å². The summed E-state index contributed by atoms with van der Waals surface area (Å²) in [4.78, 5) is 14.0. The Labute approximate surface area is 203 Å². The third kappa shape index (κ3) is 4.18. The van der Waals surface area contributed by atoms with E-state index in [4.69, 9.17) is 16.3 Å². The monoisotopic (exact) mass is 491 g/mol. The molecule has 1 N–H and O–H groups in total. The molecule has 3 aromatic carbocycles. The van der Waals surface area contributed by atoms with Gasteiger partial charge in [-0.3, -0.25) is 9.36 Å². The molecule has 8 heteroatoms. The Balaban J connectivity index is 1.56. The van der Waals surface area contributed by atoms with Gasteiger partial charge in [-0.15, -0.1) is 27.8 Å². The standard InChI is InChI=1S/C25H18ClN3O2S2/c1-31-18-13-11-17(12-14-18)29-20(16-7-3-2-4-8-16)15-32-25(29)28-27-24(30)23-22(26)19-9-5-6-10-21(19)33-23/h2-15H,1H3,(H,27,30)/b28-25-. The summed E-state index contributed by atoms with van der Waals surface area (Å²) in [5.41, 5.74) is 5.61. The zero-order valence-electron chi connectivity index (χ0n) is 17.5. The number of hydrogen-bond donors (Lipinski definition) is 1. The van der Waals surface area contributed by atoms with Crippen molar-refractivity contribution in [1.29, 1.82) is 0 Å². The highest BCUT2D eigenvalue weighted by molar-refractivity contribution is 7.21. The SMILES string of the molecule is COc1ccc(-n2c(-c3ccccc3)cs/c2=N\NC(=O)c2sc3ccccc3c2Cl)cc1. The first-order valence-corrected chi connectivity index (χ1v) is 12.1. The Morgan fingerprint density at radius 2 is 1.73 bits per heavy atom. The summed E-state index contributed by atoms with van der Waals surface area (Å²) in [5, 5.41) is 7.79. The fourth-order valence-corrected chi connectivity index (χ4v) is 5.76. The van der Waals surface area contributed by atoms with Gasteiger partial charge in [0.25, 0.3) is 5.91 Å². The number of ether oxygens (including phenoxy) is 1. The maximum atomic E-state index is 12.9. The predicted octanol–water partition coefficient (Wildman–Crippen LogP) is 6.33. The van der Waals surface area contributed by atoms with Crippen molar-refractivity contribution >= 4 is 50.3 Å². The van der Waals surface area contributed by atoms with E-state index in [1.807, 2.05) is 88.8 Å². The normalized spacial score (nSPS) is 11.6. The number of carbonyl (C=O) groups is 1. The number of methoxy groups -OCH3 is 1. The van der Waals surface area contributed by atoms with Gasteiger partial charge in [0.1, 0.15) is 10.6 Å². The van der Waals surface area contributed by atoms with Crippen molar-refractivity contribution in [1.82, 2.24) is 9.99 Å². The van der Waals surface area contributed by atoms with Crippen LogP contribution in [-0.2, 0) is 0 Å². The molecule has 0 spiro atoms. The zero-order chi connectivity index (χ0) is 22.8. The van der Waals surface area contributed by atoms with Crippen LogP contribution >= 0.6 is 34.3 Å². The van der Waals surface area contributed by atoms with E-state index < -0.39 is 0 Å². The van der Waals surface area contributed by atoms with E-state index in [0.29, 0.717) is 14.7 Å². The summed E-state index contributed by atoms with van der Waals surface area (Å²) < 4.78 is 8.27. The van der Waals surface area contributed by atoms with Crippen LogP contribution in [0, 0.1) is 0 Å². The zero-order valence-corrected chi connectivity index (χ0v) is 19.9. The van der Waals surface area contributed by atoms with Crippen molar-refractivity contribution in [3.05, 3.63) is 98.9 Å². The minimum atomic E-state index is -0.336. The minimum absolute atomic E-state index is 0.336. The van der Waals surface area contributed by atoms with Crippen LogP contribution in [-0.4, -0.2) is 17.6 Å². The van der Waals surface area contributed by atoms with Crippen LogP contribution in [0.3, 0.4) is 0 Å². The Bertz CT molecular complexity index is 1500. The van der Waals surface area contributed by atoms with E-state index in [1.54, 1.807) is 7.11 Å². The number of amides is 1. The first-order valence-electron chi connectivity index (χ1n) is 10.1. The number of fused-ring (bicyclic) bond motifs is 1. The van der Waals surface area contributed by atoms with E-state index in [-0.39, 0.29) is 5.91 Å². The maximum Gasteiger partial charge on any atom is 0.283 e. The first kappa shape index (κ1) is 21.5. The molecule has 0 atom stereocenters. The molecule has 0 saturated carbocycles. The number of aromatic nitrogens is 1. The van der Waals surface area contributed by atoms with Gasteiger partial charge >= 0.3 is 0 Å². The van der Waals surface area contributed by atoms with Gasteiger partial charge in [-0.1, -0.05) is 60.1 Å². The lowest BCUT2D eigenvalue weighted by Gasteiger charge is -2.10. The molecule has 0 saturated heterocycles. The van der Waals surface area contributed by atoms with Gasteiger partial charge in [0.05, 0.1) is 17.8 Å². The largest absolute Gasteiger partial charge is 0.497 e. The summed E-state index contributed by atoms with van der Waals surface area (Å²) >= 11 is 9.26. The van der Waals surface area contributed by atoms with Gasteiger partial charge in [0, 0.05) is 21.2 Å². The number of nitrogens with one attached hydrogen (secondary N) is 1. The number of benzene rings is 3. The van der Waals surface area contributed by atoms with Crippen LogP contribution < -0.4 is 15.0 Å². The topological polar surface area (TPSA) is 55.6 Å². The van der Waals surface area contributed by atoms with Crippen molar-refractivity contribution in [3.63, 3.8) is 0 Å². The van der Waals surface area contributed by atoms with E-state index in [9.17, 15) is 4.79 Å². The van der Waals surface area contributed by atoms with Crippen LogP contribution in [0.15, 0.2) is 89.3 Å². The van der Waals surface area contributed by atoms with E-state index >= 15 is 0 Å². The second kappa shape index (κ2) is 9.23. The average molecular weight is 492 g/mol. The number of hydrogen-bond acceptors (Lipinski definition) is 5. The van der Waals surface area contributed by atoms with Crippen LogP contribution in [0.4, 0.5) is 0 Å². The van der Waals surface area contributed by atoms with E-state index in [2.05, 4.69) is 10.5 Å². The van der Waals surface area contributed by atoms with Crippen LogP contribution in [0.2, 0.25) is 5.02 Å². The van der Waals surface area contributed by atoms with Crippen LogP contribution in [0.1, 0.15) is 9.67 Å². The lowest BCUT2D eigenvalue weighted by atomic mass is 10.1. The first-order chi connectivity index (χ1) is 16.2. The van der Waals surface area contributed by atoms with Crippen molar-refractivity contribution in [2.45, 2.75) is 0 Å². The third-order valence-corrected chi connectivity index (χ3v) is 7.60. The van der Waals surface area contributed by atoms with Crippen molar-refractivity contribution in [2.24, 2.45) is 5.10 Å². The molecule has 5 nitrogen and oxygen atoms in total. The molecule has 0 radical (unpaired) electrons. The highest BCUT2D eigenvalue weighted by Gasteiger charge is 2.17. The van der Waals surface area contributed by atoms with Gasteiger partial charge < -0.3 is 4.74 Å². The Hall–Kier alpha value is -3.39. The molecular weight excluding hydrogens is 474 g/mol. The smallest absolute Gasteiger partial charge is 0.283 e. The Kier molecular flexibility index (Phi) is 6.00. The second-order valence-electron chi connectivity index (χ2n) is 7.10. The van der Waals surface area contributed by atoms with Gasteiger partial charge in [-0.05, 0) is 35.9 Å². The highest BCUT2D eigenvalue weighted by Crippen LogP contribution is 2.35. The fourth-order valence-electron chi connectivity index (χ4n) is 3.49. The molecule has 0 unspecified atom stereocenters. The Morgan fingerprint density at radius 3 is 2.45 bits per heavy atom. The lowest BCUT2D eigenvalue weighted by molar-refractivity contribution is 0.0957. The minimum Gasteiger partial charge on any atom is -0.497 e. The van der Waals surface area contributed by atoms with Gasteiger partial charge in [0.2, 0.25) is 4.80 Å². The summed E-state index contributed by atoms with van der Waals surface area (Å²) in [6, 6.07) is 25.5. The second-order valence-corrected chi connectivity index (χ2v) is 9.36. The summed E-state index contributed by atoms with van der Waals surface area (Å²) in [7, 11) is 1.64. The summed E-state index contributed by atoms with van der Waals surface area (Å²) in [6.07, 6.45) is 0. The quantitative estimate of drug-likeness (QED) is 0.292. The number of halogens is 1. The predicted molar refractivity (Wildman–Crippen MR) is 135 cm³/mol. The van der Waals surface area contributed by atoms with Crippen LogP contribution in [0.5, 0.6) is 5.75 Å². The molecule has 5 rings (SSSR count). The lowest BCUT2D eigenvalue weighted by Crippen LogP contribution is -2.23. The maximum absolute atomic E-state index is 12.9. The Morgan fingerprint density at radius 1 is 1.00 bits per heavy atom. The molecule has 0 aliphatic rings. The van der Waals surface area contributed by atoms with Gasteiger partial charge in [-0.25, -0.2) is 5.43 Å². The number of thiophene rings is 1. The third-order valence-electron chi connectivity index (χ3n) is 5.10. The molecule has 0 aliphatic carbocycles. The summed E-state index contributed by atoms with van der Waals surface area (Å²) in [6.45, 7) is 0. The molecule has 0 bridgehead atoms. The molecule has 5 aromatic rings. The number of carbonyl (C=O) groups excluding carboxylic acids is 1. The number of nitrogens with zero attached hydrogens (tertiary/aromatic N) is 2. The molecule has 33 heavy (non-hydrogen) atoms. The molecule has 0 fully saturated rings. The molecule has 2 heterocycles. The van der Waals surface area contributed by atoms with Crippen molar-refractivity contribution in [2.75, 3.05) is 7.11 Å². The van der Waals surface area contributed by atoms with Gasteiger partial charge in [-0.2, -0.15) is 0 Å². The fraction of sp³-hybridized carbons (Fsp3) is 0.0400. The molecule has 164 valence electrons.